The van der Waals surface area contributed by atoms with Gasteiger partial charge in [-0.3, -0.25) is 4.39 Å². The quantitative estimate of drug-likeness (QED) is 0.384. The van der Waals surface area contributed by atoms with Gasteiger partial charge in [0, 0.05) is 63.5 Å². The lowest BCUT2D eigenvalue weighted by Crippen LogP contribution is -2.53. The molecule has 2 aromatic heterocycles. The highest BCUT2D eigenvalue weighted by atomic mass is 19.3. The SMILES string of the molecule is CC1CN(c2ncccc2C(C)(F)F)CCN1c1cc(-c2ccc(F)c(F)c2)nc(N2CCCC2)n1.CF. The van der Waals surface area contributed by atoms with Crippen LogP contribution in [0.15, 0.2) is 42.6 Å². The molecule has 1 aromatic carbocycles. The zero-order chi connectivity index (χ0) is 27.4. The van der Waals surface area contributed by atoms with Gasteiger partial charge in [0.15, 0.2) is 11.6 Å². The lowest BCUT2D eigenvalue weighted by molar-refractivity contribution is 0.0176. The van der Waals surface area contributed by atoms with Gasteiger partial charge in [0.05, 0.1) is 18.4 Å². The minimum absolute atomic E-state index is 0.0711. The molecule has 1 atom stereocenters. The average molecular weight is 535 g/mol. The van der Waals surface area contributed by atoms with E-state index < -0.39 is 17.6 Å². The van der Waals surface area contributed by atoms with Crippen molar-refractivity contribution >= 4 is 17.6 Å². The van der Waals surface area contributed by atoms with E-state index in [0.717, 1.165) is 45.0 Å². The van der Waals surface area contributed by atoms with E-state index in [4.69, 9.17) is 4.98 Å². The molecule has 1 unspecified atom stereocenters. The summed E-state index contributed by atoms with van der Waals surface area (Å²) in [6.07, 6.45) is 3.61. The molecule has 2 fully saturated rings. The Morgan fingerprint density at radius 2 is 1.63 bits per heavy atom. The highest BCUT2D eigenvalue weighted by molar-refractivity contribution is 5.66. The summed E-state index contributed by atoms with van der Waals surface area (Å²) in [5.74, 6) is -3.33. The molecule has 5 rings (SSSR count). The number of nitrogens with zero attached hydrogens (tertiary/aromatic N) is 6. The standard InChI is InChI=1S/C26H28F4N6.CH3F/c1-17-16-35(24-19(26(2,29)30)6-5-9-31-24)12-13-36(17)23-15-22(18-7-8-20(27)21(28)14-18)32-25(33-23)34-10-3-4-11-34;1-2/h5-9,14-15,17H,3-4,10-13,16H2,1-2H3;1H3. The molecule has 38 heavy (non-hydrogen) atoms. The number of halogens is 5. The molecule has 0 saturated carbocycles. The Balaban J connectivity index is 0.00000164. The van der Waals surface area contributed by atoms with Crippen molar-refractivity contribution < 1.29 is 22.0 Å². The first-order valence-electron chi connectivity index (χ1n) is 12.5. The molecular formula is C27H31F5N6. The largest absolute Gasteiger partial charge is 0.352 e. The number of benzene rings is 1. The summed E-state index contributed by atoms with van der Waals surface area (Å²) in [6, 6.07) is 8.40. The number of aromatic nitrogens is 3. The third-order valence-corrected chi connectivity index (χ3v) is 6.79. The predicted octanol–water partition coefficient (Wildman–Crippen LogP) is 5.83. The Hall–Kier alpha value is -3.50. The first kappa shape index (κ1) is 27.5. The Morgan fingerprint density at radius 1 is 0.895 bits per heavy atom. The van der Waals surface area contributed by atoms with Crippen LogP contribution >= 0.6 is 0 Å². The molecule has 6 nitrogen and oxygen atoms in total. The van der Waals surface area contributed by atoms with Crippen molar-refractivity contribution in [2.45, 2.75) is 38.7 Å². The van der Waals surface area contributed by atoms with Crippen molar-refractivity contribution in [2.75, 3.05) is 54.6 Å². The summed E-state index contributed by atoms with van der Waals surface area (Å²) >= 11 is 0. The molecule has 2 aliphatic rings. The Morgan fingerprint density at radius 3 is 2.29 bits per heavy atom. The second-order valence-corrected chi connectivity index (χ2v) is 9.49. The van der Waals surface area contributed by atoms with Gasteiger partial charge in [0.2, 0.25) is 5.95 Å². The van der Waals surface area contributed by atoms with Crippen molar-refractivity contribution in [3.63, 3.8) is 0 Å². The maximum Gasteiger partial charge on any atom is 0.274 e. The molecule has 0 aliphatic carbocycles. The summed E-state index contributed by atoms with van der Waals surface area (Å²) in [5, 5.41) is 0. The summed E-state index contributed by atoms with van der Waals surface area (Å²) in [4.78, 5) is 19.8. The van der Waals surface area contributed by atoms with Gasteiger partial charge in [-0.1, -0.05) is 0 Å². The second-order valence-electron chi connectivity index (χ2n) is 9.49. The van der Waals surface area contributed by atoms with Gasteiger partial charge < -0.3 is 14.7 Å². The topological polar surface area (TPSA) is 48.4 Å². The fourth-order valence-electron chi connectivity index (χ4n) is 4.91. The summed E-state index contributed by atoms with van der Waals surface area (Å²) in [6.45, 7) is 6.04. The minimum Gasteiger partial charge on any atom is -0.352 e. The molecule has 11 heteroatoms. The number of anilines is 3. The van der Waals surface area contributed by atoms with Gasteiger partial charge in [0.1, 0.15) is 11.6 Å². The van der Waals surface area contributed by atoms with Crippen LogP contribution in [0.5, 0.6) is 0 Å². The number of alkyl halides is 3. The maximum absolute atomic E-state index is 14.2. The van der Waals surface area contributed by atoms with Gasteiger partial charge in [-0.2, -0.15) is 4.98 Å². The van der Waals surface area contributed by atoms with E-state index in [-0.39, 0.29) is 11.6 Å². The Labute approximate surface area is 219 Å². The molecule has 0 amide bonds. The number of hydrogen-bond acceptors (Lipinski definition) is 6. The maximum atomic E-state index is 14.2. The smallest absolute Gasteiger partial charge is 0.274 e. The van der Waals surface area contributed by atoms with Crippen LogP contribution in [0.1, 0.15) is 32.3 Å². The first-order valence-corrected chi connectivity index (χ1v) is 12.5. The van der Waals surface area contributed by atoms with Crippen molar-refractivity contribution in [1.82, 2.24) is 15.0 Å². The van der Waals surface area contributed by atoms with E-state index in [2.05, 4.69) is 19.8 Å². The van der Waals surface area contributed by atoms with Crippen LogP contribution in [-0.2, 0) is 5.92 Å². The zero-order valence-corrected chi connectivity index (χ0v) is 21.6. The third kappa shape index (κ3) is 5.81. The monoisotopic (exact) mass is 534 g/mol. The second kappa shape index (κ2) is 11.5. The highest BCUT2D eigenvalue weighted by Gasteiger charge is 2.33. The van der Waals surface area contributed by atoms with Crippen LogP contribution in [0.25, 0.3) is 11.3 Å². The fraction of sp³-hybridized carbons (Fsp3) is 0.444. The van der Waals surface area contributed by atoms with Crippen molar-refractivity contribution in [2.24, 2.45) is 0 Å². The van der Waals surface area contributed by atoms with E-state index in [1.807, 2.05) is 11.8 Å². The van der Waals surface area contributed by atoms with Crippen molar-refractivity contribution in [3.05, 3.63) is 59.8 Å². The Bertz CT molecular complexity index is 1240. The first-order chi connectivity index (χ1) is 18.2. The highest BCUT2D eigenvalue weighted by Crippen LogP contribution is 2.35. The van der Waals surface area contributed by atoms with Crippen LogP contribution in [-0.4, -0.2) is 60.9 Å². The molecule has 3 aromatic rings. The fourth-order valence-corrected chi connectivity index (χ4v) is 4.91. The van der Waals surface area contributed by atoms with Crippen LogP contribution in [0.3, 0.4) is 0 Å². The van der Waals surface area contributed by atoms with Crippen molar-refractivity contribution in [3.8, 4) is 11.3 Å². The Kier molecular flexibility index (Phi) is 8.32. The zero-order valence-electron chi connectivity index (χ0n) is 21.6. The van der Waals surface area contributed by atoms with Crippen LogP contribution in [0.4, 0.5) is 39.5 Å². The lowest BCUT2D eigenvalue weighted by atomic mass is 10.1. The molecule has 4 heterocycles. The van der Waals surface area contributed by atoms with Gasteiger partial charge >= 0.3 is 0 Å². The molecule has 2 saturated heterocycles. The molecular weight excluding hydrogens is 503 g/mol. The van der Waals surface area contributed by atoms with E-state index in [1.54, 1.807) is 6.07 Å². The third-order valence-electron chi connectivity index (χ3n) is 6.79. The average Bonchev–Trinajstić information content (AvgIpc) is 3.46. The van der Waals surface area contributed by atoms with Gasteiger partial charge in [0.25, 0.3) is 5.92 Å². The molecule has 2 aliphatic heterocycles. The number of rotatable bonds is 5. The van der Waals surface area contributed by atoms with Crippen LogP contribution in [0.2, 0.25) is 0 Å². The van der Waals surface area contributed by atoms with E-state index in [1.165, 1.54) is 24.4 Å². The lowest BCUT2D eigenvalue weighted by Gasteiger charge is -2.42. The summed E-state index contributed by atoms with van der Waals surface area (Å²) < 4.78 is 65.5. The minimum atomic E-state index is -3.00. The summed E-state index contributed by atoms with van der Waals surface area (Å²) in [5.41, 5.74) is 0.880. The molecule has 0 radical (unpaired) electrons. The molecule has 0 spiro atoms. The normalized spacial score (nSPS) is 17.9. The van der Waals surface area contributed by atoms with Gasteiger partial charge in [-0.05, 0) is 50.1 Å². The number of piperazine rings is 1. The van der Waals surface area contributed by atoms with E-state index in [9.17, 15) is 22.0 Å². The molecule has 0 bridgehead atoms. The van der Waals surface area contributed by atoms with Crippen LogP contribution < -0.4 is 14.7 Å². The van der Waals surface area contributed by atoms with Crippen LogP contribution in [0, 0.1) is 11.6 Å². The summed E-state index contributed by atoms with van der Waals surface area (Å²) in [7, 11) is 0.500. The number of pyridine rings is 1. The predicted molar refractivity (Wildman–Crippen MR) is 139 cm³/mol. The number of hydrogen-bond donors (Lipinski definition) is 0. The molecule has 204 valence electrons. The molecule has 0 N–H and O–H groups in total. The van der Waals surface area contributed by atoms with Crippen molar-refractivity contribution in [1.29, 1.82) is 0 Å². The van der Waals surface area contributed by atoms with Gasteiger partial charge in [-0.15, -0.1) is 0 Å². The van der Waals surface area contributed by atoms with E-state index in [0.29, 0.717) is 55.7 Å². The van der Waals surface area contributed by atoms with E-state index >= 15 is 0 Å². The van der Waals surface area contributed by atoms with Gasteiger partial charge in [-0.25, -0.2) is 27.5 Å².